The number of nitrogens with one attached hydrogen (secondary N) is 1. The summed E-state index contributed by atoms with van der Waals surface area (Å²) in [5, 5.41) is 3.42. The fourth-order valence-corrected chi connectivity index (χ4v) is 1.98. The van der Waals surface area contributed by atoms with Gasteiger partial charge in [0.15, 0.2) is 0 Å². The van der Waals surface area contributed by atoms with Crippen molar-refractivity contribution < 1.29 is 0 Å². The first-order valence-corrected chi connectivity index (χ1v) is 6.82. The number of para-hydroxylation sites is 2. The largest absolute Gasteiger partial charge is 0.311 e. The van der Waals surface area contributed by atoms with E-state index in [4.69, 9.17) is 0 Å². The third kappa shape index (κ3) is 4.58. The molecule has 0 fully saturated rings. The van der Waals surface area contributed by atoms with E-state index in [9.17, 15) is 0 Å². The third-order valence-electron chi connectivity index (χ3n) is 3.01. The van der Waals surface area contributed by atoms with Crippen LogP contribution in [0.3, 0.4) is 0 Å². The lowest BCUT2D eigenvalue weighted by Crippen LogP contribution is -2.18. The molecule has 0 spiro atoms. The molecule has 0 saturated carbocycles. The highest BCUT2D eigenvalue weighted by Crippen LogP contribution is 2.08. The van der Waals surface area contributed by atoms with E-state index >= 15 is 0 Å². The van der Waals surface area contributed by atoms with Gasteiger partial charge in [0.2, 0.25) is 0 Å². The standard InChI is InChI=1S/C15H22N4/c1-19(2)10-6-5-9-16-11-13-12-17-14-7-3-4-8-15(14)18-13/h3-4,7-8,12,16H,5-6,9-11H2,1-2H3. The molecule has 0 aliphatic rings. The zero-order chi connectivity index (χ0) is 13.5. The summed E-state index contributed by atoms with van der Waals surface area (Å²) in [7, 11) is 4.22. The maximum atomic E-state index is 4.59. The molecular weight excluding hydrogens is 236 g/mol. The Morgan fingerprint density at radius 1 is 1.11 bits per heavy atom. The van der Waals surface area contributed by atoms with E-state index in [0.717, 1.165) is 36.4 Å². The second-order valence-corrected chi connectivity index (χ2v) is 5.04. The highest BCUT2D eigenvalue weighted by atomic mass is 15.0. The van der Waals surface area contributed by atoms with Crippen molar-refractivity contribution in [1.82, 2.24) is 20.2 Å². The van der Waals surface area contributed by atoms with E-state index in [1.54, 1.807) is 0 Å². The predicted octanol–water partition coefficient (Wildman–Crippen LogP) is 2.06. The molecule has 102 valence electrons. The van der Waals surface area contributed by atoms with Crippen molar-refractivity contribution >= 4 is 11.0 Å². The lowest BCUT2D eigenvalue weighted by atomic mass is 10.3. The van der Waals surface area contributed by atoms with Crippen LogP contribution in [0.1, 0.15) is 18.5 Å². The molecule has 0 radical (unpaired) electrons. The van der Waals surface area contributed by atoms with E-state index in [2.05, 4.69) is 34.3 Å². The molecule has 0 saturated heterocycles. The van der Waals surface area contributed by atoms with Gasteiger partial charge in [-0.3, -0.25) is 4.98 Å². The van der Waals surface area contributed by atoms with Gasteiger partial charge >= 0.3 is 0 Å². The molecule has 0 unspecified atom stereocenters. The van der Waals surface area contributed by atoms with Crippen LogP contribution in [0.4, 0.5) is 0 Å². The third-order valence-corrected chi connectivity index (χ3v) is 3.01. The predicted molar refractivity (Wildman–Crippen MR) is 79.0 cm³/mol. The molecule has 1 aromatic heterocycles. The number of nitrogens with zero attached hydrogens (tertiary/aromatic N) is 3. The maximum Gasteiger partial charge on any atom is 0.0890 e. The van der Waals surface area contributed by atoms with Crippen molar-refractivity contribution in [3.8, 4) is 0 Å². The number of hydrogen-bond acceptors (Lipinski definition) is 4. The average Bonchev–Trinajstić information content (AvgIpc) is 2.42. The zero-order valence-electron chi connectivity index (χ0n) is 11.8. The highest BCUT2D eigenvalue weighted by Gasteiger charge is 1.99. The summed E-state index contributed by atoms with van der Waals surface area (Å²) in [5.41, 5.74) is 2.93. The van der Waals surface area contributed by atoms with Crippen LogP contribution in [0.15, 0.2) is 30.5 Å². The summed E-state index contributed by atoms with van der Waals surface area (Å²) >= 11 is 0. The molecule has 19 heavy (non-hydrogen) atoms. The monoisotopic (exact) mass is 258 g/mol. The molecule has 0 aliphatic carbocycles. The van der Waals surface area contributed by atoms with Gasteiger partial charge in [-0.2, -0.15) is 0 Å². The van der Waals surface area contributed by atoms with E-state index in [0.29, 0.717) is 0 Å². The normalized spacial score (nSPS) is 11.3. The first-order chi connectivity index (χ1) is 9.25. The number of fused-ring (bicyclic) bond motifs is 1. The van der Waals surface area contributed by atoms with Crippen molar-refractivity contribution in [2.24, 2.45) is 0 Å². The Morgan fingerprint density at radius 2 is 1.89 bits per heavy atom. The van der Waals surface area contributed by atoms with Gasteiger partial charge in [0.25, 0.3) is 0 Å². The lowest BCUT2D eigenvalue weighted by molar-refractivity contribution is 0.391. The lowest BCUT2D eigenvalue weighted by Gasteiger charge is -2.09. The smallest absolute Gasteiger partial charge is 0.0890 e. The molecule has 1 heterocycles. The Morgan fingerprint density at radius 3 is 2.68 bits per heavy atom. The molecule has 2 aromatic rings. The Balaban J connectivity index is 1.75. The summed E-state index contributed by atoms with van der Waals surface area (Å²) in [5.74, 6) is 0. The first kappa shape index (κ1) is 13.9. The van der Waals surface area contributed by atoms with Gasteiger partial charge in [-0.05, 0) is 52.2 Å². The first-order valence-electron chi connectivity index (χ1n) is 6.82. The van der Waals surface area contributed by atoms with E-state index < -0.39 is 0 Å². The molecule has 0 aliphatic heterocycles. The van der Waals surface area contributed by atoms with E-state index in [1.165, 1.54) is 12.8 Å². The second-order valence-electron chi connectivity index (χ2n) is 5.04. The van der Waals surface area contributed by atoms with Crippen LogP contribution in [0, 0.1) is 0 Å². The van der Waals surface area contributed by atoms with Crippen LogP contribution >= 0.6 is 0 Å². The zero-order valence-corrected chi connectivity index (χ0v) is 11.8. The minimum atomic E-state index is 0.791. The minimum Gasteiger partial charge on any atom is -0.311 e. The molecule has 1 N–H and O–H groups in total. The van der Waals surface area contributed by atoms with Gasteiger partial charge in [0.1, 0.15) is 0 Å². The Labute approximate surface area is 114 Å². The van der Waals surface area contributed by atoms with Crippen molar-refractivity contribution in [2.75, 3.05) is 27.2 Å². The van der Waals surface area contributed by atoms with E-state index in [-0.39, 0.29) is 0 Å². The summed E-state index contributed by atoms with van der Waals surface area (Å²) in [6, 6.07) is 7.97. The molecule has 4 heteroatoms. The fraction of sp³-hybridized carbons (Fsp3) is 0.467. The van der Waals surface area contributed by atoms with Crippen LogP contribution in [0.2, 0.25) is 0 Å². The van der Waals surface area contributed by atoms with Crippen LogP contribution in [-0.4, -0.2) is 42.1 Å². The maximum absolute atomic E-state index is 4.59. The van der Waals surface area contributed by atoms with Crippen LogP contribution in [0.25, 0.3) is 11.0 Å². The summed E-state index contributed by atoms with van der Waals surface area (Å²) in [4.78, 5) is 11.2. The molecule has 0 atom stereocenters. The van der Waals surface area contributed by atoms with Crippen LogP contribution in [0.5, 0.6) is 0 Å². The Hall–Kier alpha value is -1.52. The Kier molecular flexibility index (Phi) is 5.24. The van der Waals surface area contributed by atoms with Crippen molar-refractivity contribution in [2.45, 2.75) is 19.4 Å². The van der Waals surface area contributed by atoms with Crippen LogP contribution in [-0.2, 0) is 6.54 Å². The summed E-state index contributed by atoms with van der Waals surface area (Å²) in [6.45, 7) is 2.97. The average molecular weight is 258 g/mol. The number of hydrogen-bond donors (Lipinski definition) is 1. The van der Waals surface area contributed by atoms with Gasteiger partial charge in [0.05, 0.1) is 22.9 Å². The van der Waals surface area contributed by atoms with Crippen molar-refractivity contribution in [1.29, 1.82) is 0 Å². The van der Waals surface area contributed by atoms with Gasteiger partial charge in [-0.1, -0.05) is 12.1 Å². The molecule has 0 bridgehead atoms. The SMILES string of the molecule is CN(C)CCCCNCc1cnc2ccccc2n1. The quantitative estimate of drug-likeness (QED) is 0.772. The number of benzene rings is 1. The van der Waals surface area contributed by atoms with E-state index in [1.807, 2.05) is 30.5 Å². The summed E-state index contributed by atoms with van der Waals surface area (Å²) < 4.78 is 0. The van der Waals surface area contributed by atoms with Crippen molar-refractivity contribution in [3.05, 3.63) is 36.2 Å². The van der Waals surface area contributed by atoms with Gasteiger partial charge in [-0.15, -0.1) is 0 Å². The molecule has 1 aromatic carbocycles. The molecule has 0 amide bonds. The summed E-state index contributed by atoms with van der Waals surface area (Å²) in [6.07, 6.45) is 4.28. The second kappa shape index (κ2) is 7.16. The van der Waals surface area contributed by atoms with Crippen molar-refractivity contribution in [3.63, 3.8) is 0 Å². The van der Waals surface area contributed by atoms with Gasteiger partial charge < -0.3 is 10.2 Å². The van der Waals surface area contributed by atoms with Crippen LogP contribution < -0.4 is 5.32 Å². The van der Waals surface area contributed by atoms with Gasteiger partial charge in [-0.25, -0.2) is 4.98 Å². The molecule has 2 rings (SSSR count). The Bertz CT molecular complexity index is 510. The minimum absolute atomic E-state index is 0.791. The highest BCUT2D eigenvalue weighted by molar-refractivity contribution is 5.73. The van der Waals surface area contributed by atoms with Gasteiger partial charge in [0, 0.05) is 6.54 Å². The molecular formula is C15H22N4. The molecule has 4 nitrogen and oxygen atoms in total. The fourth-order valence-electron chi connectivity index (χ4n) is 1.98. The number of aromatic nitrogens is 2. The number of rotatable bonds is 7. The topological polar surface area (TPSA) is 41.0 Å². The number of unbranched alkanes of at least 4 members (excludes halogenated alkanes) is 1.